The summed E-state index contributed by atoms with van der Waals surface area (Å²) in [5.74, 6) is -0.261. The molecule has 0 bridgehead atoms. The van der Waals surface area contributed by atoms with Crippen LogP contribution in [0.1, 0.15) is 16.1 Å². The normalized spacial score (nSPS) is 12.5. The zero-order valence-corrected chi connectivity index (χ0v) is 10.9. The standard InChI is InChI=1S/C14H8N4O3/c1-18-12-9(13(20)15-14(18)21)8-6-4-2-3-5-7(6)11(19)10(8)16-17-12/h2-5H,1H3,(H,15,20,21). The summed E-state index contributed by atoms with van der Waals surface area (Å²) in [4.78, 5) is 38.4. The van der Waals surface area contributed by atoms with Crippen LogP contribution in [0, 0.1) is 0 Å². The summed E-state index contributed by atoms with van der Waals surface area (Å²) in [7, 11) is 1.49. The summed E-state index contributed by atoms with van der Waals surface area (Å²) < 4.78 is 1.20. The third-order valence-electron chi connectivity index (χ3n) is 3.68. The first-order chi connectivity index (χ1) is 10.1. The Morgan fingerprint density at radius 1 is 1.05 bits per heavy atom. The molecule has 0 saturated carbocycles. The summed E-state index contributed by atoms with van der Waals surface area (Å²) in [6, 6.07) is 6.97. The largest absolute Gasteiger partial charge is 0.329 e. The van der Waals surface area contributed by atoms with Gasteiger partial charge in [-0.1, -0.05) is 24.3 Å². The number of H-pyrrole nitrogens is 1. The van der Waals surface area contributed by atoms with Crippen molar-refractivity contribution in [3.05, 3.63) is 56.4 Å². The molecule has 1 aromatic carbocycles. The molecule has 0 amide bonds. The monoisotopic (exact) mass is 280 g/mol. The van der Waals surface area contributed by atoms with Gasteiger partial charge in [0.25, 0.3) is 5.56 Å². The topological polar surface area (TPSA) is 97.7 Å². The van der Waals surface area contributed by atoms with E-state index in [1.165, 1.54) is 11.6 Å². The van der Waals surface area contributed by atoms with Gasteiger partial charge in [0.15, 0.2) is 5.65 Å². The Hall–Kier alpha value is -3.09. The molecule has 4 rings (SSSR count). The maximum absolute atomic E-state index is 12.3. The van der Waals surface area contributed by atoms with E-state index in [1.807, 2.05) is 0 Å². The highest BCUT2D eigenvalue weighted by Gasteiger charge is 2.31. The molecule has 0 unspecified atom stereocenters. The molecule has 7 heteroatoms. The van der Waals surface area contributed by atoms with E-state index in [0.29, 0.717) is 16.7 Å². The summed E-state index contributed by atoms with van der Waals surface area (Å²) in [6.45, 7) is 0. The van der Waals surface area contributed by atoms with Crippen LogP contribution in [0.25, 0.3) is 22.2 Å². The number of fused-ring (bicyclic) bond motifs is 5. The van der Waals surface area contributed by atoms with Crippen molar-refractivity contribution in [3.63, 3.8) is 0 Å². The van der Waals surface area contributed by atoms with Gasteiger partial charge >= 0.3 is 5.69 Å². The number of hydrogen-bond acceptors (Lipinski definition) is 5. The first-order valence-electron chi connectivity index (χ1n) is 6.23. The fourth-order valence-electron chi connectivity index (χ4n) is 2.66. The van der Waals surface area contributed by atoms with Crippen LogP contribution in [0.15, 0.2) is 33.9 Å². The van der Waals surface area contributed by atoms with E-state index in [9.17, 15) is 14.4 Å². The number of benzene rings is 1. The van der Waals surface area contributed by atoms with Crippen LogP contribution in [-0.2, 0) is 7.05 Å². The lowest BCUT2D eigenvalue weighted by Gasteiger charge is -2.05. The number of aryl methyl sites for hydroxylation is 1. The van der Waals surface area contributed by atoms with Gasteiger partial charge in [-0.3, -0.25) is 19.1 Å². The molecule has 1 aliphatic carbocycles. The van der Waals surface area contributed by atoms with Crippen LogP contribution >= 0.6 is 0 Å². The maximum Gasteiger partial charge on any atom is 0.329 e. The molecule has 0 fully saturated rings. The highest BCUT2D eigenvalue weighted by atomic mass is 16.2. The number of carbonyl (C=O) groups is 1. The number of hydrogen-bond donors (Lipinski definition) is 1. The zero-order chi connectivity index (χ0) is 14.7. The molecule has 0 radical (unpaired) electrons. The number of ketones is 1. The first-order valence-corrected chi connectivity index (χ1v) is 6.23. The third-order valence-corrected chi connectivity index (χ3v) is 3.68. The number of rotatable bonds is 0. The predicted octanol–water partition coefficient (Wildman–Crippen LogP) is 0.228. The Morgan fingerprint density at radius 2 is 1.76 bits per heavy atom. The van der Waals surface area contributed by atoms with Gasteiger partial charge in [-0.15, -0.1) is 10.2 Å². The van der Waals surface area contributed by atoms with E-state index < -0.39 is 11.2 Å². The molecule has 0 atom stereocenters. The third kappa shape index (κ3) is 1.34. The van der Waals surface area contributed by atoms with E-state index in [-0.39, 0.29) is 22.5 Å². The molecule has 3 aromatic rings. The Kier molecular flexibility index (Phi) is 2.08. The molecule has 21 heavy (non-hydrogen) atoms. The van der Waals surface area contributed by atoms with Crippen LogP contribution in [0.5, 0.6) is 0 Å². The number of nitrogens with zero attached hydrogens (tertiary/aromatic N) is 3. The minimum Gasteiger partial charge on any atom is -0.287 e. The lowest BCUT2D eigenvalue weighted by Crippen LogP contribution is -2.29. The van der Waals surface area contributed by atoms with Gasteiger partial charge in [0, 0.05) is 18.2 Å². The van der Waals surface area contributed by atoms with Crippen LogP contribution in [0.4, 0.5) is 0 Å². The maximum atomic E-state index is 12.3. The van der Waals surface area contributed by atoms with Gasteiger partial charge < -0.3 is 0 Å². The molecule has 2 aromatic heterocycles. The van der Waals surface area contributed by atoms with E-state index in [0.717, 1.165) is 0 Å². The molecule has 0 spiro atoms. The van der Waals surface area contributed by atoms with Crippen molar-refractivity contribution in [1.82, 2.24) is 19.7 Å². The molecular weight excluding hydrogens is 272 g/mol. The average molecular weight is 280 g/mol. The van der Waals surface area contributed by atoms with Crippen molar-refractivity contribution in [3.8, 4) is 11.1 Å². The minimum atomic E-state index is -0.570. The highest BCUT2D eigenvalue weighted by molar-refractivity contribution is 6.23. The van der Waals surface area contributed by atoms with E-state index in [2.05, 4.69) is 15.2 Å². The lowest BCUT2D eigenvalue weighted by atomic mass is 10.1. The molecular formula is C14H8N4O3. The summed E-state index contributed by atoms with van der Waals surface area (Å²) >= 11 is 0. The molecule has 7 nitrogen and oxygen atoms in total. The van der Waals surface area contributed by atoms with Crippen LogP contribution < -0.4 is 11.2 Å². The number of aromatic nitrogens is 4. The molecule has 1 aliphatic rings. The zero-order valence-electron chi connectivity index (χ0n) is 10.9. The van der Waals surface area contributed by atoms with E-state index >= 15 is 0 Å². The van der Waals surface area contributed by atoms with Gasteiger partial charge in [0.05, 0.1) is 5.39 Å². The molecule has 0 saturated heterocycles. The predicted molar refractivity (Wildman–Crippen MR) is 74.3 cm³/mol. The smallest absolute Gasteiger partial charge is 0.287 e. The Bertz CT molecular complexity index is 1060. The lowest BCUT2D eigenvalue weighted by molar-refractivity contribution is 0.103. The summed E-state index contributed by atoms with van der Waals surface area (Å²) in [5.41, 5.74) is 0.740. The highest BCUT2D eigenvalue weighted by Crippen LogP contribution is 2.37. The van der Waals surface area contributed by atoms with E-state index in [4.69, 9.17) is 0 Å². The second-order valence-corrected chi connectivity index (χ2v) is 4.82. The van der Waals surface area contributed by atoms with Gasteiger partial charge in [0.2, 0.25) is 5.78 Å². The average Bonchev–Trinajstić information content (AvgIpc) is 2.78. The number of aromatic amines is 1. The molecule has 2 heterocycles. The van der Waals surface area contributed by atoms with Gasteiger partial charge in [-0.25, -0.2) is 4.79 Å². The molecule has 1 N–H and O–H groups in total. The molecule has 0 aliphatic heterocycles. The van der Waals surface area contributed by atoms with Crippen molar-refractivity contribution < 1.29 is 4.79 Å². The Morgan fingerprint density at radius 3 is 2.52 bits per heavy atom. The fourth-order valence-corrected chi connectivity index (χ4v) is 2.66. The minimum absolute atomic E-state index is 0.146. The summed E-state index contributed by atoms with van der Waals surface area (Å²) in [6.07, 6.45) is 0. The van der Waals surface area contributed by atoms with Gasteiger partial charge in [-0.05, 0) is 5.56 Å². The Balaban J connectivity index is 2.31. The first kappa shape index (κ1) is 11.7. The van der Waals surface area contributed by atoms with Crippen molar-refractivity contribution in [2.24, 2.45) is 7.05 Å². The molecule has 102 valence electrons. The van der Waals surface area contributed by atoms with Crippen molar-refractivity contribution in [2.75, 3.05) is 0 Å². The number of carbonyl (C=O) groups excluding carboxylic acids is 1. The number of nitrogens with one attached hydrogen (secondary N) is 1. The van der Waals surface area contributed by atoms with E-state index in [1.54, 1.807) is 24.3 Å². The van der Waals surface area contributed by atoms with Crippen molar-refractivity contribution in [2.45, 2.75) is 0 Å². The van der Waals surface area contributed by atoms with Crippen molar-refractivity contribution >= 4 is 16.8 Å². The fraction of sp³-hybridized carbons (Fsp3) is 0.0714. The van der Waals surface area contributed by atoms with Gasteiger partial charge in [0.1, 0.15) is 5.69 Å². The second-order valence-electron chi connectivity index (χ2n) is 4.82. The van der Waals surface area contributed by atoms with Crippen LogP contribution in [0.2, 0.25) is 0 Å². The van der Waals surface area contributed by atoms with Crippen LogP contribution in [0.3, 0.4) is 0 Å². The SMILES string of the molecule is Cn1c(=O)[nH]c(=O)c2c3c(nnc21)C(=O)c1ccccc1-3. The Labute approximate surface area is 116 Å². The quantitative estimate of drug-likeness (QED) is 0.497. The van der Waals surface area contributed by atoms with Crippen molar-refractivity contribution in [1.29, 1.82) is 0 Å². The second kappa shape index (κ2) is 3.72. The summed E-state index contributed by atoms with van der Waals surface area (Å²) in [5, 5.41) is 8.00. The van der Waals surface area contributed by atoms with Gasteiger partial charge in [-0.2, -0.15) is 0 Å². The van der Waals surface area contributed by atoms with Crippen LogP contribution in [-0.4, -0.2) is 25.5 Å².